The standard InChI is InChI=1S/C10H11BrClN/c1-2-5-13-7-8-3-4-9(12)6-10(8)11/h2-4,6,13H,1,5,7H2. The number of hydrogen-bond donors (Lipinski definition) is 1. The van der Waals surface area contributed by atoms with Gasteiger partial charge < -0.3 is 5.32 Å². The van der Waals surface area contributed by atoms with Crippen LogP contribution in [0.3, 0.4) is 0 Å². The molecule has 70 valence electrons. The van der Waals surface area contributed by atoms with E-state index in [9.17, 15) is 0 Å². The Morgan fingerprint density at radius 2 is 2.31 bits per heavy atom. The Morgan fingerprint density at radius 1 is 1.54 bits per heavy atom. The first-order chi connectivity index (χ1) is 6.24. The van der Waals surface area contributed by atoms with Crippen molar-refractivity contribution in [1.29, 1.82) is 0 Å². The first kappa shape index (κ1) is 10.8. The van der Waals surface area contributed by atoms with Gasteiger partial charge in [0.05, 0.1) is 0 Å². The summed E-state index contributed by atoms with van der Waals surface area (Å²) < 4.78 is 1.04. The molecule has 0 aliphatic heterocycles. The Labute approximate surface area is 91.9 Å². The van der Waals surface area contributed by atoms with Gasteiger partial charge in [0.2, 0.25) is 0 Å². The zero-order valence-corrected chi connectivity index (χ0v) is 9.53. The fourth-order valence-corrected chi connectivity index (χ4v) is 1.80. The molecule has 0 saturated heterocycles. The highest BCUT2D eigenvalue weighted by Gasteiger charge is 1.98. The Hall–Kier alpha value is -0.310. The zero-order chi connectivity index (χ0) is 9.68. The SMILES string of the molecule is C=CCNCc1ccc(Cl)cc1Br. The van der Waals surface area contributed by atoms with E-state index in [0.717, 1.165) is 22.6 Å². The highest BCUT2D eigenvalue weighted by Crippen LogP contribution is 2.21. The molecule has 0 unspecified atom stereocenters. The van der Waals surface area contributed by atoms with Crippen molar-refractivity contribution in [2.75, 3.05) is 6.54 Å². The van der Waals surface area contributed by atoms with Crippen LogP contribution in [0.15, 0.2) is 35.3 Å². The minimum absolute atomic E-state index is 0.749. The van der Waals surface area contributed by atoms with Gasteiger partial charge in [-0.15, -0.1) is 6.58 Å². The van der Waals surface area contributed by atoms with E-state index in [1.54, 1.807) is 0 Å². The lowest BCUT2D eigenvalue weighted by atomic mass is 10.2. The molecule has 3 heteroatoms. The van der Waals surface area contributed by atoms with Crippen LogP contribution < -0.4 is 5.32 Å². The van der Waals surface area contributed by atoms with Crippen LogP contribution >= 0.6 is 27.5 Å². The third-order valence-corrected chi connectivity index (χ3v) is 2.59. The quantitative estimate of drug-likeness (QED) is 0.646. The molecule has 0 heterocycles. The second kappa shape index (κ2) is 5.43. The molecular weight excluding hydrogens is 249 g/mol. The molecule has 0 aliphatic carbocycles. The van der Waals surface area contributed by atoms with Gasteiger partial charge in [-0.25, -0.2) is 0 Å². The van der Waals surface area contributed by atoms with E-state index in [4.69, 9.17) is 11.6 Å². The van der Waals surface area contributed by atoms with Gasteiger partial charge in [0, 0.05) is 22.6 Å². The summed E-state index contributed by atoms with van der Waals surface area (Å²) in [7, 11) is 0. The molecule has 0 aliphatic rings. The van der Waals surface area contributed by atoms with Gasteiger partial charge in [-0.2, -0.15) is 0 Å². The second-order valence-electron chi connectivity index (χ2n) is 2.66. The predicted molar refractivity (Wildman–Crippen MR) is 61.1 cm³/mol. The smallest absolute Gasteiger partial charge is 0.0417 e. The van der Waals surface area contributed by atoms with Crippen LogP contribution in [0.5, 0.6) is 0 Å². The Bertz CT molecular complexity index is 299. The van der Waals surface area contributed by atoms with Gasteiger partial charge >= 0.3 is 0 Å². The number of halogens is 2. The van der Waals surface area contributed by atoms with E-state index < -0.39 is 0 Å². The number of rotatable bonds is 4. The van der Waals surface area contributed by atoms with Gasteiger partial charge in [0.25, 0.3) is 0 Å². The molecule has 1 nitrogen and oxygen atoms in total. The Morgan fingerprint density at radius 3 is 2.92 bits per heavy atom. The summed E-state index contributed by atoms with van der Waals surface area (Å²) in [4.78, 5) is 0. The molecule has 0 amide bonds. The molecule has 0 fully saturated rings. The molecule has 0 aromatic heterocycles. The molecule has 1 aromatic carbocycles. The molecule has 0 spiro atoms. The summed E-state index contributed by atoms with van der Waals surface area (Å²) >= 11 is 9.26. The highest BCUT2D eigenvalue weighted by molar-refractivity contribution is 9.10. The van der Waals surface area contributed by atoms with Gasteiger partial charge in [-0.3, -0.25) is 0 Å². The van der Waals surface area contributed by atoms with E-state index in [2.05, 4.69) is 27.8 Å². The maximum atomic E-state index is 5.81. The van der Waals surface area contributed by atoms with E-state index in [1.807, 2.05) is 24.3 Å². The van der Waals surface area contributed by atoms with Gasteiger partial charge in [-0.05, 0) is 17.7 Å². The van der Waals surface area contributed by atoms with Gasteiger partial charge in [-0.1, -0.05) is 39.7 Å². The first-order valence-electron chi connectivity index (χ1n) is 3.99. The molecule has 1 aromatic rings. The molecule has 0 radical (unpaired) electrons. The van der Waals surface area contributed by atoms with Crippen LogP contribution in [0.1, 0.15) is 5.56 Å². The fourth-order valence-electron chi connectivity index (χ4n) is 0.974. The molecule has 0 atom stereocenters. The van der Waals surface area contributed by atoms with Crippen molar-refractivity contribution in [3.63, 3.8) is 0 Å². The largest absolute Gasteiger partial charge is 0.309 e. The monoisotopic (exact) mass is 259 g/mol. The number of hydrogen-bond acceptors (Lipinski definition) is 1. The molecular formula is C10H11BrClN. The van der Waals surface area contributed by atoms with E-state index >= 15 is 0 Å². The predicted octanol–water partition coefficient (Wildman–Crippen LogP) is 3.38. The molecule has 1 rings (SSSR count). The van der Waals surface area contributed by atoms with Crippen LogP contribution in [0, 0.1) is 0 Å². The van der Waals surface area contributed by atoms with Crippen molar-refractivity contribution in [3.8, 4) is 0 Å². The Balaban J connectivity index is 2.61. The lowest BCUT2D eigenvalue weighted by Gasteiger charge is -2.04. The average molecular weight is 261 g/mol. The third-order valence-electron chi connectivity index (χ3n) is 1.62. The number of nitrogens with one attached hydrogen (secondary N) is 1. The van der Waals surface area contributed by atoms with E-state index in [-0.39, 0.29) is 0 Å². The summed E-state index contributed by atoms with van der Waals surface area (Å²) in [6, 6.07) is 5.78. The lowest BCUT2D eigenvalue weighted by molar-refractivity contribution is 0.758. The van der Waals surface area contributed by atoms with Crippen LogP contribution in [0.2, 0.25) is 5.02 Å². The molecule has 0 saturated carbocycles. The summed E-state index contributed by atoms with van der Waals surface area (Å²) in [5.74, 6) is 0. The average Bonchev–Trinajstić information content (AvgIpc) is 2.09. The summed E-state index contributed by atoms with van der Waals surface area (Å²) in [5, 5.41) is 3.97. The summed E-state index contributed by atoms with van der Waals surface area (Å²) in [6.07, 6.45) is 1.84. The normalized spacial score (nSPS) is 10.0. The van der Waals surface area contributed by atoms with Crippen LogP contribution in [0.4, 0.5) is 0 Å². The maximum absolute atomic E-state index is 5.81. The lowest BCUT2D eigenvalue weighted by Crippen LogP contribution is -2.12. The highest BCUT2D eigenvalue weighted by atomic mass is 79.9. The summed E-state index contributed by atoms with van der Waals surface area (Å²) in [6.45, 7) is 5.27. The van der Waals surface area contributed by atoms with Crippen molar-refractivity contribution < 1.29 is 0 Å². The minimum atomic E-state index is 0.749. The molecule has 13 heavy (non-hydrogen) atoms. The zero-order valence-electron chi connectivity index (χ0n) is 7.19. The van der Waals surface area contributed by atoms with Crippen LogP contribution in [-0.4, -0.2) is 6.54 Å². The molecule has 0 bridgehead atoms. The van der Waals surface area contributed by atoms with Crippen molar-refractivity contribution in [2.24, 2.45) is 0 Å². The molecule has 1 N–H and O–H groups in total. The van der Waals surface area contributed by atoms with Crippen LogP contribution in [0.25, 0.3) is 0 Å². The van der Waals surface area contributed by atoms with Crippen molar-refractivity contribution in [1.82, 2.24) is 5.32 Å². The maximum Gasteiger partial charge on any atom is 0.0417 e. The number of benzene rings is 1. The van der Waals surface area contributed by atoms with Crippen molar-refractivity contribution in [3.05, 3.63) is 45.9 Å². The fraction of sp³-hybridized carbons (Fsp3) is 0.200. The Kier molecular flexibility index (Phi) is 4.50. The van der Waals surface area contributed by atoms with Gasteiger partial charge in [0.1, 0.15) is 0 Å². The third kappa shape index (κ3) is 3.51. The first-order valence-corrected chi connectivity index (χ1v) is 5.16. The van der Waals surface area contributed by atoms with E-state index in [0.29, 0.717) is 0 Å². The van der Waals surface area contributed by atoms with Crippen molar-refractivity contribution in [2.45, 2.75) is 6.54 Å². The topological polar surface area (TPSA) is 12.0 Å². The van der Waals surface area contributed by atoms with Gasteiger partial charge in [0.15, 0.2) is 0 Å². The summed E-state index contributed by atoms with van der Waals surface area (Å²) in [5.41, 5.74) is 1.20. The minimum Gasteiger partial charge on any atom is -0.309 e. The van der Waals surface area contributed by atoms with Crippen molar-refractivity contribution >= 4 is 27.5 Å². The van der Waals surface area contributed by atoms with Crippen LogP contribution in [-0.2, 0) is 6.54 Å². The van der Waals surface area contributed by atoms with E-state index in [1.165, 1.54) is 5.56 Å². The second-order valence-corrected chi connectivity index (χ2v) is 3.95.